The fourth-order valence-corrected chi connectivity index (χ4v) is 4.27. The number of benzene rings is 1. The van der Waals surface area contributed by atoms with E-state index in [0.29, 0.717) is 6.42 Å². The van der Waals surface area contributed by atoms with E-state index in [2.05, 4.69) is 18.6 Å². The van der Waals surface area contributed by atoms with Gasteiger partial charge in [0.25, 0.3) is 5.69 Å². The summed E-state index contributed by atoms with van der Waals surface area (Å²) in [5, 5.41) is 11.1. The van der Waals surface area contributed by atoms with Crippen molar-refractivity contribution in [3.05, 3.63) is 33.3 Å². The van der Waals surface area contributed by atoms with E-state index in [4.69, 9.17) is 11.6 Å². The van der Waals surface area contributed by atoms with Gasteiger partial charge in [-0.3, -0.25) is 10.1 Å². The molecular formula is C13H17ClN2O4S. The Morgan fingerprint density at radius 3 is 2.62 bits per heavy atom. The maximum absolute atomic E-state index is 12.4. The van der Waals surface area contributed by atoms with E-state index >= 15 is 0 Å². The van der Waals surface area contributed by atoms with Crippen molar-refractivity contribution in [1.29, 1.82) is 0 Å². The van der Waals surface area contributed by atoms with Gasteiger partial charge in [0, 0.05) is 17.1 Å². The molecule has 1 saturated carbocycles. The lowest BCUT2D eigenvalue weighted by Gasteiger charge is -2.18. The van der Waals surface area contributed by atoms with Crippen LogP contribution in [0.25, 0.3) is 0 Å². The predicted octanol–water partition coefficient (Wildman–Crippen LogP) is 3.11. The number of nitro groups is 1. The van der Waals surface area contributed by atoms with Crippen LogP contribution in [0.4, 0.5) is 5.69 Å². The first-order valence-electron chi connectivity index (χ1n) is 6.57. The molecule has 21 heavy (non-hydrogen) atoms. The van der Waals surface area contributed by atoms with E-state index < -0.39 is 20.6 Å². The molecule has 1 aromatic carbocycles. The minimum Gasteiger partial charge on any atom is -0.258 e. The fourth-order valence-electron chi connectivity index (χ4n) is 2.68. The average molecular weight is 333 g/mol. The van der Waals surface area contributed by atoms with Crippen molar-refractivity contribution in [3.63, 3.8) is 0 Å². The molecular weight excluding hydrogens is 316 g/mol. The highest BCUT2D eigenvalue weighted by molar-refractivity contribution is 7.89. The van der Waals surface area contributed by atoms with Crippen LogP contribution < -0.4 is 4.72 Å². The van der Waals surface area contributed by atoms with Gasteiger partial charge in [0.2, 0.25) is 10.0 Å². The maximum Gasteiger partial charge on any atom is 0.290 e. The van der Waals surface area contributed by atoms with Crippen molar-refractivity contribution in [2.45, 2.75) is 44.0 Å². The topological polar surface area (TPSA) is 89.3 Å². The van der Waals surface area contributed by atoms with Crippen LogP contribution in [0.2, 0.25) is 5.02 Å². The molecule has 8 heteroatoms. The predicted molar refractivity (Wildman–Crippen MR) is 79.8 cm³/mol. The molecule has 1 N–H and O–H groups in total. The molecule has 0 aromatic heterocycles. The van der Waals surface area contributed by atoms with Gasteiger partial charge in [-0.25, -0.2) is 13.1 Å². The molecule has 0 radical (unpaired) electrons. The molecule has 1 aliphatic rings. The first-order valence-corrected chi connectivity index (χ1v) is 8.43. The molecule has 6 nitrogen and oxygen atoms in total. The Hall–Kier alpha value is -1.18. The molecule has 0 saturated heterocycles. The third-order valence-electron chi connectivity index (χ3n) is 3.70. The standard InChI is InChI=1S/C13H17ClN2O4S/c1-13(2)6-5-10(8-13)15-21(19,20)12-4-3-9(14)7-11(12)16(17)18/h3-4,7,10,15H,5-6,8H2,1-2H3. The van der Waals surface area contributed by atoms with Crippen LogP contribution in [-0.4, -0.2) is 19.4 Å². The van der Waals surface area contributed by atoms with E-state index in [0.717, 1.165) is 18.9 Å². The van der Waals surface area contributed by atoms with E-state index in [1.807, 2.05) is 0 Å². The molecule has 0 heterocycles. The normalized spacial score (nSPS) is 21.4. The number of nitrogens with one attached hydrogen (secondary N) is 1. The lowest BCUT2D eigenvalue weighted by molar-refractivity contribution is -0.387. The zero-order valence-electron chi connectivity index (χ0n) is 11.8. The van der Waals surface area contributed by atoms with Crippen LogP contribution in [0.1, 0.15) is 33.1 Å². The minimum absolute atomic E-state index is 0.0825. The first kappa shape index (κ1) is 16.2. The second-order valence-corrected chi connectivity index (χ2v) is 8.21. The minimum atomic E-state index is -3.94. The second-order valence-electron chi connectivity index (χ2n) is 6.09. The van der Waals surface area contributed by atoms with Crippen LogP contribution in [0.3, 0.4) is 0 Å². The summed E-state index contributed by atoms with van der Waals surface area (Å²) in [6.45, 7) is 4.15. The zero-order chi connectivity index (χ0) is 15.8. The molecule has 1 aliphatic carbocycles. The van der Waals surface area contributed by atoms with Crippen molar-refractivity contribution in [3.8, 4) is 0 Å². The molecule has 0 amide bonds. The van der Waals surface area contributed by atoms with Gasteiger partial charge < -0.3 is 0 Å². The van der Waals surface area contributed by atoms with Crippen molar-refractivity contribution in [2.75, 3.05) is 0 Å². The monoisotopic (exact) mass is 332 g/mol. The van der Waals surface area contributed by atoms with Crippen molar-refractivity contribution < 1.29 is 13.3 Å². The molecule has 1 atom stereocenters. The van der Waals surface area contributed by atoms with Gasteiger partial charge in [-0.05, 0) is 36.8 Å². The van der Waals surface area contributed by atoms with Gasteiger partial charge in [0.1, 0.15) is 0 Å². The van der Waals surface area contributed by atoms with E-state index in [1.165, 1.54) is 12.1 Å². The van der Waals surface area contributed by atoms with E-state index in [-0.39, 0.29) is 21.4 Å². The molecule has 2 rings (SSSR count). The lowest BCUT2D eigenvalue weighted by Crippen LogP contribution is -2.33. The number of rotatable bonds is 4. The Morgan fingerprint density at radius 1 is 1.43 bits per heavy atom. The van der Waals surface area contributed by atoms with E-state index in [1.54, 1.807) is 0 Å². The molecule has 1 unspecified atom stereocenters. The number of hydrogen-bond acceptors (Lipinski definition) is 4. The molecule has 0 spiro atoms. The van der Waals surface area contributed by atoms with Crippen LogP contribution >= 0.6 is 11.6 Å². The number of nitro benzene ring substituents is 1. The summed E-state index contributed by atoms with van der Waals surface area (Å²) >= 11 is 5.70. The van der Waals surface area contributed by atoms with Gasteiger partial charge >= 0.3 is 0 Å². The van der Waals surface area contributed by atoms with Crippen molar-refractivity contribution in [1.82, 2.24) is 4.72 Å². The first-order chi connectivity index (χ1) is 9.61. The van der Waals surface area contributed by atoms with Crippen molar-refractivity contribution >= 4 is 27.3 Å². The van der Waals surface area contributed by atoms with Crippen molar-refractivity contribution in [2.24, 2.45) is 5.41 Å². The van der Waals surface area contributed by atoms with Gasteiger partial charge in [0.15, 0.2) is 4.90 Å². The smallest absolute Gasteiger partial charge is 0.258 e. The number of nitrogens with zero attached hydrogens (tertiary/aromatic N) is 1. The summed E-state index contributed by atoms with van der Waals surface area (Å²) < 4.78 is 27.3. The van der Waals surface area contributed by atoms with Gasteiger partial charge in [-0.15, -0.1) is 0 Å². The highest BCUT2D eigenvalue weighted by Gasteiger charge is 2.35. The molecule has 1 fully saturated rings. The Morgan fingerprint density at radius 2 is 2.10 bits per heavy atom. The third kappa shape index (κ3) is 3.72. The highest BCUT2D eigenvalue weighted by atomic mass is 35.5. The Bertz CT molecular complexity index is 673. The summed E-state index contributed by atoms with van der Waals surface area (Å²) in [5.41, 5.74) is -0.425. The van der Waals surface area contributed by atoms with Crippen LogP contribution in [0.15, 0.2) is 23.1 Å². The Labute approximate surface area is 128 Å². The number of hydrogen-bond donors (Lipinski definition) is 1. The van der Waals surface area contributed by atoms with E-state index in [9.17, 15) is 18.5 Å². The Balaban J connectivity index is 2.30. The average Bonchev–Trinajstić information content (AvgIpc) is 2.67. The van der Waals surface area contributed by atoms with Crippen LogP contribution in [0.5, 0.6) is 0 Å². The maximum atomic E-state index is 12.4. The zero-order valence-corrected chi connectivity index (χ0v) is 13.4. The van der Waals surface area contributed by atoms with Crippen LogP contribution in [-0.2, 0) is 10.0 Å². The Kier molecular flexibility index (Phi) is 4.28. The number of sulfonamides is 1. The summed E-state index contributed by atoms with van der Waals surface area (Å²) in [6.07, 6.45) is 2.37. The molecule has 116 valence electrons. The quantitative estimate of drug-likeness (QED) is 0.677. The second kappa shape index (κ2) is 5.55. The fraction of sp³-hybridized carbons (Fsp3) is 0.538. The van der Waals surface area contributed by atoms with Gasteiger partial charge in [-0.1, -0.05) is 25.4 Å². The largest absolute Gasteiger partial charge is 0.290 e. The molecule has 1 aromatic rings. The summed E-state index contributed by atoms with van der Waals surface area (Å²) in [5.74, 6) is 0. The van der Waals surface area contributed by atoms with Crippen LogP contribution in [0, 0.1) is 15.5 Å². The summed E-state index contributed by atoms with van der Waals surface area (Å²) in [7, 11) is -3.94. The lowest BCUT2D eigenvalue weighted by atomic mass is 9.92. The molecule has 0 aliphatic heterocycles. The SMILES string of the molecule is CC1(C)CCC(NS(=O)(=O)c2ccc(Cl)cc2[N+](=O)[O-])C1. The summed E-state index contributed by atoms with van der Waals surface area (Å²) in [4.78, 5) is 9.93. The van der Waals surface area contributed by atoms with Gasteiger partial charge in [0.05, 0.1) is 4.92 Å². The molecule has 0 bridgehead atoms. The summed E-state index contributed by atoms with van der Waals surface area (Å²) in [6, 6.07) is 3.36. The van der Waals surface area contributed by atoms with Gasteiger partial charge in [-0.2, -0.15) is 0 Å². The third-order valence-corrected chi connectivity index (χ3v) is 5.50. The number of halogens is 1. The highest BCUT2D eigenvalue weighted by Crippen LogP contribution is 2.38.